The molecule has 2 heteroatoms. The average molecular weight is 281 g/mol. The Hall–Kier alpha value is -1.80. The van der Waals surface area contributed by atoms with Gasteiger partial charge in [0.2, 0.25) is 0 Å². The summed E-state index contributed by atoms with van der Waals surface area (Å²) in [5.74, 6) is 1.80. The standard InChI is InChI=1S/C19H23NO/c1-2-18(20)17-9-5-6-10-19(17)21-16-12-11-14-7-3-4-8-15(14)13-16/h5-6,9-13,18H,2-4,7-8,20H2,1H3. The van der Waals surface area contributed by atoms with Crippen molar-refractivity contribution in [2.75, 3.05) is 0 Å². The number of fused-ring (bicyclic) bond motifs is 1. The highest BCUT2D eigenvalue weighted by Gasteiger charge is 2.13. The van der Waals surface area contributed by atoms with Gasteiger partial charge in [-0.2, -0.15) is 0 Å². The summed E-state index contributed by atoms with van der Waals surface area (Å²) in [7, 11) is 0. The number of benzene rings is 2. The Kier molecular flexibility index (Phi) is 4.26. The van der Waals surface area contributed by atoms with E-state index in [9.17, 15) is 0 Å². The minimum Gasteiger partial charge on any atom is -0.457 e. The van der Waals surface area contributed by atoms with Crippen LogP contribution < -0.4 is 10.5 Å². The van der Waals surface area contributed by atoms with Crippen LogP contribution in [0.1, 0.15) is 48.9 Å². The molecule has 1 aliphatic carbocycles. The summed E-state index contributed by atoms with van der Waals surface area (Å²) < 4.78 is 6.12. The zero-order valence-corrected chi connectivity index (χ0v) is 12.6. The normalized spacial score (nSPS) is 15.3. The number of rotatable bonds is 4. The molecule has 1 unspecified atom stereocenters. The molecule has 1 atom stereocenters. The molecule has 0 aliphatic heterocycles. The van der Waals surface area contributed by atoms with E-state index >= 15 is 0 Å². The fourth-order valence-electron chi connectivity index (χ4n) is 3.00. The maximum absolute atomic E-state index is 6.18. The maximum Gasteiger partial charge on any atom is 0.132 e. The Bertz CT molecular complexity index is 621. The highest BCUT2D eigenvalue weighted by molar-refractivity contribution is 5.42. The molecule has 110 valence electrons. The van der Waals surface area contributed by atoms with Gasteiger partial charge in [0.15, 0.2) is 0 Å². The first kappa shape index (κ1) is 14.2. The first-order valence-corrected chi connectivity index (χ1v) is 7.92. The van der Waals surface area contributed by atoms with Crippen molar-refractivity contribution in [1.82, 2.24) is 0 Å². The lowest BCUT2D eigenvalue weighted by atomic mass is 9.92. The van der Waals surface area contributed by atoms with Crippen LogP contribution in [-0.2, 0) is 12.8 Å². The Morgan fingerprint density at radius 2 is 1.81 bits per heavy atom. The van der Waals surface area contributed by atoms with E-state index in [1.807, 2.05) is 18.2 Å². The van der Waals surface area contributed by atoms with Crippen LogP contribution in [0.25, 0.3) is 0 Å². The number of aryl methyl sites for hydroxylation is 2. The molecule has 0 heterocycles. The van der Waals surface area contributed by atoms with Crippen molar-refractivity contribution in [2.45, 2.75) is 45.1 Å². The van der Waals surface area contributed by atoms with Gasteiger partial charge in [-0.3, -0.25) is 0 Å². The Labute approximate surface area is 126 Å². The highest BCUT2D eigenvalue weighted by atomic mass is 16.5. The number of nitrogens with two attached hydrogens (primary N) is 1. The predicted molar refractivity (Wildman–Crippen MR) is 86.8 cm³/mol. The average Bonchev–Trinajstić information content (AvgIpc) is 2.54. The number of ether oxygens (including phenoxy) is 1. The van der Waals surface area contributed by atoms with E-state index in [1.54, 1.807) is 0 Å². The van der Waals surface area contributed by atoms with Crippen LogP contribution in [0.15, 0.2) is 42.5 Å². The SMILES string of the molecule is CCC(N)c1ccccc1Oc1ccc2c(c1)CCCC2. The van der Waals surface area contributed by atoms with Crippen molar-refractivity contribution < 1.29 is 4.74 Å². The van der Waals surface area contributed by atoms with E-state index in [1.165, 1.54) is 36.8 Å². The molecule has 0 saturated heterocycles. The summed E-state index contributed by atoms with van der Waals surface area (Å²) in [4.78, 5) is 0. The first-order valence-electron chi connectivity index (χ1n) is 7.92. The van der Waals surface area contributed by atoms with Gasteiger partial charge in [-0.25, -0.2) is 0 Å². The highest BCUT2D eigenvalue weighted by Crippen LogP contribution is 2.32. The molecule has 0 amide bonds. The molecule has 0 saturated carbocycles. The van der Waals surface area contributed by atoms with E-state index in [0.717, 1.165) is 23.5 Å². The molecule has 2 nitrogen and oxygen atoms in total. The number of para-hydroxylation sites is 1. The Morgan fingerprint density at radius 1 is 1.05 bits per heavy atom. The van der Waals surface area contributed by atoms with E-state index < -0.39 is 0 Å². The summed E-state index contributed by atoms with van der Waals surface area (Å²) in [5, 5.41) is 0. The monoisotopic (exact) mass is 281 g/mol. The van der Waals surface area contributed by atoms with Gasteiger partial charge < -0.3 is 10.5 Å². The van der Waals surface area contributed by atoms with Crippen LogP contribution >= 0.6 is 0 Å². The summed E-state index contributed by atoms with van der Waals surface area (Å²) in [6.45, 7) is 2.10. The molecule has 2 aromatic carbocycles. The summed E-state index contributed by atoms with van der Waals surface area (Å²) >= 11 is 0. The van der Waals surface area contributed by atoms with E-state index in [-0.39, 0.29) is 6.04 Å². The number of hydrogen-bond donors (Lipinski definition) is 1. The lowest BCUT2D eigenvalue weighted by Crippen LogP contribution is -2.10. The predicted octanol–water partition coefficient (Wildman–Crippen LogP) is 4.77. The van der Waals surface area contributed by atoms with Crippen molar-refractivity contribution in [2.24, 2.45) is 5.73 Å². The van der Waals surface area contributed by atoms with Crippen molar-refractivity contribution in [3.63, 3.8) is 0 Å². The molecule has 0 bridgehead atoms. The minimum atomic E-state index is 0.0267. The van der Waals surface area contributed by atoms with Crippen LogP contribution in [0, 0.1) is 0 Å². The quantitative estimate of drug-likeness (QED) is 0.876. The second kappa shape index (κ2) is 6.31. The van der Waals surface area contributed by atoms with Gasteiger partial charge in [0.05, 0.1) is 0 Å². The fourth-order valence-corrected chi connectivity index (χ4v) is 3.00. The minimum absolute atomic E-state index is 0.0267. The second-order valence-corrected chi connectivity index (χ2v) is 5.79. The van der Waals surface area contributed by atoms with Crippen LogP contribution in [0.5, 0.6) is 11.5 Å². The van der Waals surface area contributed by atoms with Gasteiger partial charge in [-0.1, -0.05) is 31.2 Å². The molecule has 21 heavy (non-hydrogen) atoms. The smallest absolute Gasteiger partial charge is 0.132 e. The summed E-state index contributed by atoms with van der Waals surface area (Å²) in [6.07, 6.45) is 5.87. The molecule has 0 fully saturated rings. The van der Waals surface area contributed by atoms with Crippen molar-refractivity contribution in [3.8, 4) is 11.5 Å². The second-order valence-electron chi connectivity index (χ2n) is 5.79. The third-order valence-electron chi connectivity index (χ3n) is 4.31. The van der Waals surface area contributed by atoms with Gasteiger partial charge in [0, 0.05) is 11.6 Å². The zero-order chi connectivity index (χ0) is 14.7. The van der Waals surface area contributed by atoms with Gasteiger partial charge >= 0.3 is 0 Å². The molecular weight excluding hydrogens is 258 g/mol. The topological polar surface area (TPSA) is 35.2 Å². The zero-order valence-electron chi connectivity index (χ0n) is 12.6. The Morgan fingerprint density at radius 3 is 2.62 bits per heavy atom. The first-order chi connectivity index (χ1) is 10.3. The van der Waals surface area contributed by atoms with Crippen LogP contribution in [0.4, 0.5) is 0 Å². The molecule has 2 aromatic rings. The Balaban J connectivity index is 1.87. The lowest BCUT2D eigenvalue weighted by Gasteiger charge is -2.18. The summed E-state index contributed by atoms with van der Waals surface area (Å²) in [6, 6.07) is 14.6. The lowest BCUT2D eigenvalue weighted by molar-refractivity contribution is 0.467. The van der Waals surface area contributed by atoms with Gasteiger partial charge in [0.25, 0.3) is 0 Å². The largest absolute Gasteiger partial charge is 0.457 e. The third kappa shape index (κ3) is 3.11. The van der Waals surface area contributed by atoms with E-state index in [4.69, 9.17) is 10.5 Å². The van der Waals surface area contributed by atoms with Crippen molar-refractivity contribution in [3.05, 3.63) is 59.2 Å². The van der Waals surface area contributed by atoms with Crippen LogP contribution in [0.2, 0.25) is 0 Å². The van der Waals surface area contributed by atoms with Gasteiger partial charge in [-0.15, -0.1) is 0 Å². The van der Waals surface area contributed by atoms with Gasteiger partial charge in [-0.05, 0) is 61.4 Å². The third-order valence-corrected chi connectivity index (χ3v) is 4.31. The molecule has 2 N–H and O–H groups in total. The summed E-state index contributed by atoms with van der Waals surface area (Å²) in [5.41, 5.74) is 10.2. The molecular formula is C19H23NO. The maximum atomic E-state index is 6.18. The fraction of sp³-hybridized carbons (Fsp3) is 0.368. The molecule has 3 rings (SSSR count). The molecule has 0 aromatic heterocycles. The molecule has 0 radical (unpaired) electrons. The molecule has 0 spiro atoms. The van der Waals surface area contributed by atoms with Crippen molar-refractivity contribution >= 4 is 0 Å². The van der Waals surface area contributed by atoms with Crippen molar-refractivity contribution in [1.29, 1.82) is 0 Å². The van der Waals surface area contributed by atoms with Crippen LogP contribution in [-0.4, -0.2) is 0 Å². The van der Waals surface area contributed by atoms with E-state index in [2.05, 4.69) is 31.2 Å². The van der Waals surface area contributed by atoms with Crippen LogP contribution in [0.3, 0.4) is 0 Å². The van der Waals surface area contributed by atoms with E-state index in [0.29, 0.717) is 0 Å². The van der Waals surface area contributed by atoms with Gasteiger partial charge in [0.1, 0.15) is 11.5 Å². The number of hydrogen-bond acceptors (Lipinski definition) is 2. The molecule has 1 aliphatic rings.